The Bertz CT molecular complexity index is 1010. The zero-order valence-electron chi connectivity index (χ0n) is 16.6. The summed E-state index contributed by atoms with van der Waals surface area (Å²) in [5.41, 5.74) is 7.34. The molecule has 1 unspecified atom stereocenters. The van der Waals surface area contributed by atoms with Crippen LogP contribution in [0.4, 0.5) is 4.79 Å². The van der Waals surface area contributed by atoms with Gasteiger partial charge < -0.3 is 14.6 Å². The van der Waals surface area contributed by atoms with Crippen LogP contribution >= 0.6 is 11.6 Å². The van der Waals surface area contributed by atoms with E-state index in [1.807, 2.05) is 48.9 Å². The molecule has 8 nitrogen and oxygen atoms in total. The van der Waals surface area contributed by atoms with Crippen LogP contribution in [0.25, 0.3) is 5.69 Å². The highest BCUT2D eigenvalue weighted by Gasteiger charge is 2.11. The minimum absolute atomic E-state index is 0.243. The molecule has 3 rings (SSSR count). The minimum atomic E-state index is -0.531. The molecule has 1 heterocycles. The number of carbonyl (C=O) groups is 2. The predicted octanol–water partition coefficient (Wildman–Crippen LogP) is 3.30. The van der Waals surface area contributed by atoms with Crippen LogP contribution in [-0.2, 0) is 4.79 Å². The second-order valence-corrected chi connectivity index (χ2v) is 7.04. The van der Waals surface area contributed by atoms with E-state index in [1.165, 1.54) is 0 Å². The molecule has 3 aromatic rings. The first-order valence-corrected chi connectivity index (χ1v) is 9.63. The van der Waals surface area contributed by atoms with Crippen molar-refractivity contribution in [1.82, 2.24) is 25.7 Å². The van der Waals surface area contributed by atoms with Crippen LogP contribution in [0, 0.1) is 6.92 Å². The number of nitrogens with one attached hydrogen (secondary N) is 3. The number of carbonyl (C=O) groups excluding carboxylic acids is 2. The normalized spacial score (nSPS) is 11.4. The summed E-state index contributed by atoms with van der Waals surface area (Å²) in [5, 5.41) is 3.37. The quantitative estimate of drug-likeness (QED) is 0.526. The number of halogens is 1. The van der Waals surface area contributed by atoms with Crippen molar-refractivity contribution in [3.8, 4) is 11.4 Å². The second-order valence-electron chi connectivity index (χ2n) is 6.63. The van der Waals surface area contributed by atoms with Gasteiger partial charge in [-0.1, -0.05) is 23.7 Å². The monoisotopic (exact) mass is 427 g/mol. The van der Waals surface area contributed by atoms with Gasteiger partial charge in [0.05, 0.1) is 12.4 Å². The van der Waals surface area contributed by atoms with E-state index in [0.717, 1.165) is 16.8 Å². The number of urea groups is 1. The average molecular weight is 428 g/mol. The van der Waals surface area contributed by atoms with Gasteiger partial charge in [-0.25, -0.2) is 15.2 Å². The molecule has 3 amide bonds. The van der Waals surface area contributed by atoms with E-state index in [0.29, 0.717) is 10.8 Å². The molecule has 0 radical (unpaired) electrons. The highest BCUT2D eigenvalue weighted by atomic mass is 35.5. The summed E-state index contributed by atoms with van der Waals surface area (Å²) < 4.78 is 7.27. The summed E-state index contributed by atoms with van der Waals surface area (Å²) in [6.45, 7) is 3.44. The van der Waals surface area contributed by atoms with Crippen LogP contribution < -0.4 is 20.9 Å². The largest absolute Gasteiger partial charge is 0.484 e. The summed E-state index contributed by atoms with van der Waals surface area (Å²) in [6.07, 6.45) is 5.27. The van der Waals surface area contributed by atoms with Gasteiger partial charge in [-0.15, -0.1) is 0 Å². The number of amides is 3. The van der Waals surface area contributed by atoms with Gasteiger partial charge in [0.1, 0.15) is 5.75 Å². The van der Waals surface area contributed by atoms with E-state index < -0.39 is 11.9 Å². The van der Waals surface area contributed by atoms with Crippen molar-refractivity contribution in [2.24, 2.45) is 0 Å². The first kappa shape index (κ1) is 21.2. The lowest BCUT2D eigenvalue weighted by Crippen LogP contribution is -2.48. The lowest BCUT2D eigenvalue weighted by molar-refractivity contribution is -0.123. The summed E-state index contributed by atoms with van der Waals surface area (Å²) in [5.74, 6) is 0.0272. The molecule has 0 saturated heterocycles. The van der Waals surface area contributed by atoms with E-state index in [1.54, 1.807) is 30.7 Å². The van der Waals surface area contributed by atoms with Gasteiger partial charge in [0.25, 0.3) is 5.91 Å². The van der Waals surface area contributed by atoms with Gasteiger partial charge in [-0.2, -0.15) is 0 Å². The van der Waals surface area contributed by atoms with Crippen molar-refractivity contribution in [2.45, 2.75) is 19.9 Å². The van der Waals surface area contributed by atoms with Crippen LogP contribution in [-0.4, -0.2) is 28.1 Å². The summed E-state index contributed by atoms with van der Waals surface area (Å²) in [7, 11) is 0. The molecule has 0 spiro atoms. The van der Waals surface area contributed by atoms with Crippen LogP contribution in [0.5, 0.6) is 5.75 Å². The van der Waals surface area contributed by atoms with Gasteiger partial charge in [0, 0.05) is 23.1 Å². The first-order chi connectivity index (χ1) is 14.4. The van der Waals surface area contributed by atoms with Crippen molar-refractivity contribution >= 4 is 23.5 Å². The van der Waals surface area contributed by atoms with Crippen LogP contribution in [0.2, 0.25) is 5.02 Å². The minimum Gasteiger partial charge on any atom is -0.484 e. The Kier molecular flexibility index (Phi) is 6.92. The van der Waals surface area contributed by atoms with Crippen molar-refractivity contribution in [3.63, 3.8) is 0 Å². The van der Waals surface area contributed by atoms with E-state index in [-0.39, 0.29) is 12.6 Å². The molecule has 0 bridgehead atoms. The fraction of sp³-hybridized carbons (Fsp3) is 0.190. The molecule has 1 aromatic heterocycles. The van der Waals surface area contributed by atoms with Crippen molar-refractivity contribution in [2.75, 3.05) is 6.61 Å². The maximum atomic E-state index is 12.0. The third-order valence-corrected chi connectivity index (χ3v) is 4.78. The van der Waals surface area contributed by atoms with Crippen molar-refractivity contribution in [3.05, 3.63) is 77.3 Å². The molecule has 0 fully saturated rings. The summed E-state index contributed by atoms with van der Waals surface area (Å²) in [6, 6.07) is 12.0. The molecule has 0 aliphatic heterocycles. The van der Waals surface area contributed by atoms with Gasteiger partial charge in [-0.05, 0) is 55.3 Å². The summed E-state index contributed by atoms with van der Waals surface area (Å²) >= 11 is 5.95. The number of benzene rings is 2. The molecule has 0 aliphatic carbocycles. The molecular formula is C21H22ClN5O3. The Labute approximate surface area is 179 Å². The zero-order chi connectivity index (χ0) is 21.5. The average Bonchev–Trinajstić information content (AvgIpc) is 3.28. The highest BCUT2D eigenvalue weighted by Crippen LogP contribution is 2.20. The SMILES string of the molecule is Cc1cc(OCC(=O)NNC(=O)NC(C)c2ccc(-n3ccnc3)cc2)ccc1Cl. The van der Waals surface area contributed by atoms with Crippen LogP contribution in [0.15, 0.2) is 61.2 Å². The fourth-order valence-electron chi connectivity index (χ4n) is 2.68. The summed E-state index contributed by atoms with van der Waals surface area (Å²) in [4.78, 5) is 27.9. The number of hydrogen-bond donors (Lipinski definition) is 3. The first-order valence-electron chi connectivity index (χ1n) is 9.25. The molecule has 1 atom stereocenters. The topological polar surface area (TPSA) is 97.3 Å². The number of aryl methyl sites for hydroxylation is 1. The number of rotatable bonds is 6. The van der Waals surface area contributed by atoms with Crippen molar-refractivity contribution in [1.29, 1.82) is 0 Å². The number of nitrogens with zero attached hydrogens (tertiary/aromatic N) is 2. The maximum Gasteiger partial charge on any atom is 0.333 e. The third-order valence-electron chi connectivity index (χ3n) is 4.36. The zero-order valence-corrected chi connectivity index (χ0v) is 17.3. The predicted molar refractivity (Wildman–Crippen MR) is 113 cm³/mol. The van der Waals surface area contributed by atoms with Gasteiger partial charge in [-0.3, -0.25) is 10.2 Å². The van der Waals surface area contributed by atoms with Crippen LogP contribution in [0.1, 0.15) is 24.1 Å². The van der Waals surface area contributed by atoms with Crippen molar-refractivity contribution < 1.29 is 14.3 Å². The van der Waals surface area contributed by atoms with E-state index >= 15 is 0 Å². The second kappa shape index (κ2) is 9.80. The Morgan fingerprint density at radius 3 is 2.60 bits per heavy atom. The number of ether oxygens (including phenoxy) is 1. The molecule has 9 heteroatoms. The standard InChI is InChI=1S/C21H22ClN5O3/c1-14-11-18(7-8-19(14)22)30-12-20(28)25-26-21(29)24-15(2)16-3-5-17(6-4-16)27-10-9-23-13-27/h3-11,13,15H,12H2,1-2H3,(H,25,28)(H2,24,26,29). The van der Waals surface area contributed by atoms with Gasteiger partial charge >= 0.3 is 6.03 Å². The van der Waals surface area contributed by atoms with E-state index in [2.05, 4.69) is 21.2 Å². The molecule has 30 heavy (non-hydrogen) atoms. The lowest BCUT2D eigenvalue weighted by Gasteiger charge is -2.16. The van der Waals surface area contributed by atoms with Crippen LogP contribution in [0.3, 0.4) is 0 Å². The highest BCUT2D eigenvalue weighted by molar-refractivity contribution is 6.31. The Balaban J connectivity index is 1.42. The molecular weight excluding hydrogens is 406 g/mol. The molecule has 2 aromatic carbocycles. The number of imidazole rings is 1. The molecule has 0 saturated carbocycles. The Hall–Kier alpha value is -3.52. The lowest BCUT2D eigenvalue weighted by atomic mass is 10.1. The third kappa shape index (κ3) is 5.74. The number of hydrazine groups is 1. The molecule has 0 aliphatic rings. The van der Waals surface area contributed by atoms with Gasteiger partial charge in [0.15, 0.2) is 6.61 Å². The maximum absolute atomic E-state index is 12.0. The Morgan fingerprint density at radius 2 is 1.93 bits per heavy atom. The van der Waals surface area contributed by atoms with E-state index in [9.17, 15) is 9.59 Å². The smallest absolute Gasteiger partial charge is 0.333 e. The fourth-order valence-corrected chi connectivity index (χ4v) is 2.80. The number of hydrogen-bond acceptors (Lipinski definition) is 4. The molecule has 156 valence electrons. The Morgan fingerprint density at radius 1 is 1.17 bits per heavy atom. The van der Waals surface area contributed by atoms with E-state index in [4.69, 9.17) is 16.3 Å². The molecule has 3 N–H and O–H groups in total. The number of aromatic nitrogens is 2. The van der Waals surface area contributed by atoms with Gasteiger partial charge in [0.2, 0.25) is 0 Å².